The molecule has 0 bridgehead atoms. The zero-order valence-electron chi connectivity index (χ0n) is 15.0. The molecule has 132 valence electrons. The van der Waals surface area contributed by atoms with Gasteiger partial charge in [-0.05, 0) is 37.1 Å². The minimum absolute atomic E-state index is 0.105. The summed E-state index contributed by atoms with van der Waals surface area (Å²) in [4.78, 5) is 28.2. The number of amides is 1. The molecule has 0 aliphatic rings. The Kier molecular flexibility index (Phi) is 5.32. The van der Waals surface area contributed by atoms with Gasteiger partial charge in [-0.3, -0.25) is 9.59 Å². The lowest BCUT2D eigenvalue weighted by Crippen LogP contribution is -2.25. The number of benzene rings is 2. The fraction of sp³-hybridized carbons (Fsp3) is 0.182. The summed E-state index contributed by atoms with van der Waals surface area (Å²) in [6.07, 6.45) is 1.75. The third-order valence-electron chi connectivity index (χ3n) is 4.15. The van der Waals surface area contributed by atoms with Gasteiger partial charge in [0.2, 0.25) is 11.7 Å². The van der Waals surface area contributed by atoms with Crippen molar-refractivity contribution in [3.63, 3.8) is 0 Å². The van der Waals surface area contributed by atoms with Crippen molar-refractivity contribution in [2.45, 2.75) is 26.8 Å². The Morgan fingerprint density at radius 3 is 2.42 bits per heavy atom. The van der Waals surface area contributed by atoms with Crippen molar-refractivity contribution >= 4 is 22.6 Å². The Morgan fingerprint density at radius 1 is 1.00 bits per heavy atom. The zero-order chi connectivity index (χ0) is 18.5. The van der Waals surface area contributed by atoms with Crippen LogP contribution in [0.1, 0.15) is 35.5 Å². The SMILES string of the molecule is CC(C)=CC(=O)c1[nH]c2ccccc2c1CC(=O)NCc1ccccc1. The first-order valence-electron chi connectivity index (χ1n) is 8.64. The van der Waals surface area contributed by atoms with Crippen LogP contribution in [0, 0.1) is 0 Å². The Bertz CT molecular complexity index is 964. The normalized spacial score (nSPS) is 10.5. The van der Waals surface area contributed by atoms with Crippen LogP contribution in [0.2, 0.25) is 0 Å². The van der Waals surface area contributed by atoms with Gasteiger partial charge in [-0.1, -0.05) is 54.1 Å². The smallest absolute Gasteiger partial charge is 0.224 e. The molecule has 3 rings (SSSR count). The second-order valence-corrected chi connectivity index (χ2v) is 6.55. The van der Waals surface area contributed by atoms with Gasteiger partial charge in [0.15, 0.2) is 0 Å². The summed E-state index contributed by atoms with van der Waals surface area (Å²) in [5.74, 6) is -0.211. The molecule has 0 saturated heterocycles. The molecule has 2 aromatic carbocycles. The predicted molar refractivity (Wildman–Crippen MR) is 104 cm³/mol. The molecule has 3 aromatic rings. The number of aromatic amines is 1. The van der Waals surface area contributed by atoms with E-state index in [1.54, 1.807) is 6.08 Å². The number of H-pyrrole nitrogens is 1. The van der Waals surface area contributed by atoms with Crippen LogP contribution in [0.25, 0.3) is 10.9 Å². The molecular formula is C22H22N2O2. The lowest BCUT2D eigenvalue weighted by Gasteiger charge is -2.06. The second kappa shape index (κ2) is 7.83. The topological polar surface area (TPSA) is 62.0 Å². The molecule has 0 fully saturated rings. The number of para-hydroxylation sites is 1. The van der Waals surface area contributed by atoms with Crippen LogP contribution in [-0.4, -0.2) is 16.7 Å². The van der Waals surface area contributed by atoms with E-state index >= 15 is 0 Å². The van der Waals surface area contributed by atoms with E-state index in [1.807, 2.05) is 68.4 Å². The maximum atomic E-state index is 12.6. The number of allylic oxidation sites excluding steroid dienone is 2. The molecule has 0 saturated carbocycles. The van der Waals surface area contributed by atoms with Crippen LogP contribution < -0.4 is 5.32 Å². The van der Waals surface area contributed by atoms with Crippen molar-refractivity contribution in [1.82, 2.24) is 10.3 Å². The predicted octanol–water partition coefficient (Wildman–Crippen LogP) is 4.18. The summed E-state index contributed by atoms with van der Waals surface area (Å²) in [6, 6.07) is 17.4. The van der Waals surface area contributed by atoms with Gasteiger partial charge in [-0.15, -0.1) is 0 Å². The standard InChI is InChI=1S/C22H22N2O2/c1-15(2)12-20(25)22-18(17-10-6-7-11-19(17)24-22)13-21(26)23-14-16-8-4-3-5-9-16/h3-12,24H,13-14H2,1-2H3,(H,23,26). The Hall–Kier alpha value is -3.14. The van der Waals surface area contributed by atoms with E-state index in [2.05, 4.69) is 10.3 Å². The fourth-order valence-corrected chi connectivity index (χ4v) is 2.95. The monoisotopic (exact) mass is 346 g/mol. The summed E-state index contributed by atoms with van der Waals surface area (Å²) >= 11 is 0. The quantitative estimate of drug-likeness (QED) is 0.520. The minimum atomic E-state index is -0.107. The maximum Gasteiger partial charge on any atom is 0.224 e. The summed E-state index contributed by atoms with van der Waals surface area (Å²) in [5, 5.41) is 3.84. The van der Waals surface area contributed by atoms with E-state index in [4.69, 9.17) is 0 Å². The molecular weight excluding hydrogens is 324 g/mol. The first-order chi connectivity index (χ1) is 12.5. The van der Waals surface area contributed by atoms with Gasteiger partial charge >= 0.3 is 0 Å². The highest BCUT2D eigenvalue weighted by atomic mass is 16.1. The molecule has 2 N–H and O–H groups in total. The van der Waals surface area contributed by atoms with Gasteiger partial charge in [0.05, 0.1) is 12.1 Å². The molecule has 1 aromatic heterocycles. The first-order valence-corrected chi connectivity index (χ1v) is 8.64. The van der Waals surface area contributed by atoms with E-state index in [9.17, 15) is 9.59 Å². The van der Waals surface area contributed by atoms with E-state index in [0.717, 1.165) is 27.6 Å². The summed E-state index contributed by atoms with van der Waals surface area (Å²) in [7, 11) is 0. The Morgan fingerprint density at radius 2 is 1.69 bits per heavy atom. The molecule has 0 atom stereocenters. The molecule has 0 radical (unpaired) electrons. The molecule has 4 heteroatoms. The summed E-state index contributed by atoms with van der Waals surface area (Å²) in [6.45, 7) is 4.23. The van der Waals surface area contributed by atoms with Crippen molar-refractivity contribution < 1.29 is 9.59 Å². The highest BCUT2D eigenvalue weighted by molar-refractivity contribution is 6.09. The van der Waals surface area contributed by atoms with E-state index in [-0.39, 0.29) is 18.1 Å². The molecule has 0 spiro atoms. The largest absolute Gasteiger partial charge is 0.352 e. The molecule has 0 aliphatic carbocycles. The highest BCUT2D eigenvalue weighted by Crippen LogP contribution is 2.24. The van der Waals surface area contributed by atoms with E-state index < -0.39 is 0 Å². The summed E-state index contributed by atoms with van der Waals surface area (Å²) in [5.41, 5.74) is 4.06. The Labute approximate surface area is 152 Å². The van der Waals surface area contributed by atoms with Gasteiger partial charge in [-0.25, -0.2) is 0 Å². The van der Waals surface area contributed by atoms with Crippen LogP contribution in [0.3, 0.4) is 0 Å². The van der Waals surface area contributed by atoms with Crippen molar-refractivity contribution in [2.24, 2.45) is 0 Å². The number of nitrogens with one attached hydrogen (secondary N) is 2. The molecule has 1 amide bonds. The second-order valence-electron chi connectivity index (χ2n) is 6.55. The lowest BCUT2D eigenvalue weighted by atomic mass is 10.0. The number of carbonyl (C=O) groups is 2. The maximum absolute atomic E-state index is 12.6. The highest BCUT2D eigenvalue weighted by Gasteiger charge is 2.18. The Balaban J connectivity index is 1.84. The van der Waals surface area contributed by atoms with Crippen LogP contribution >= 0.6 is 0 Å². The van der Waals surface area contributed by atoms with Gasteiger partial charge in [0, 0.05) is 17.4 Å². The average Bonchev–Trinajstić information content (AvgIpc) is 2.99. The molecule has 1 heterocycles. The van der Waals surface area contributed by atoms with Crippen molar-refractivity contribution in [3.8, 4) is 0 Å². The van der Waals surface area contributed by atoms with Crippen LogP contribution in [0.5, 0.6) is 0 Å². The number of hydrogen-bond donors (Lipinski definition) is 2. The molecule has 0 unspecified atom stereocenters. The number of ketones is 1. The van der Waals surface area contributed by atoms with Gasteiger partial charge in [0.25, 0.3) is 0 Å². The van der Waals surface area contributed by atoms with Gasteiger partial charge < -0.3 is 10.3 Å². The van der Waals surface area contributed by atoms with Crippen molar-refractivity contribution in [2.75, 3.05) is 0 Å². The number of carbonyl (C=O) groups excluding carboxylic acids is 2. The molecule has 26 heavy (non-hydrogen) atoms. The van der Waals surface area contributed by atoms with Crippen LogP contribution in [0.4, 0.5) is 0 Å². The summed E-state index contributed by atoms with van der Waals surface area (Å²) < 4.78 is 0. The number of fused-ring (bicyclic) bond motifs is 1. The van der Waals surface area contributed by atoms with Crippen LogP contribution in [-0.2, 0) is 17.8 Å². The molecule has 4 nitrogen and oxygen atoms in total. The fourth-order valence-electron chi connectivity index (χ4n) is 2.95. The average molecular weight is 346 g/mol. The third kappa shape index (κ3) is 4.09. The van der Waals surface area contributed by atoms with E-state index in [0.29, 0.717) is 12.2 Å². The van der Waals surface area contributed by atoms with Crippen LogP contribution in [0.15, 0.2) is 66.2 Å². The van der Waals surface area contributed by atoms with Crippen molar-refractivity contribution in [3.05, 3.63) is 83.1 Å². The number of aromatic nitrogens is 1. The number of hydrogen-bond acceptors (Lipinski definition) is 2. The lowest BCUT2D eigenvalue weighted by molar-refractivity contribution is -0.120. The van der Waals surface area contributed by atoms with E-state index in [1.165, 1.54) is 0 Å². The third-order valence-corrected chi connectivity index (χ3v) is 4.15. The zero-order valence-corrected chi connectivity index (χ0v) is 15.0. The minimum Gasteiger partial charge on any atom is -0.352 e. The van der Waals surface area contributed by atoms with Crippen molar-refractivity contribution in [1.29, 1.82) is 0 Å². The number of rotatable bonds is 6. The van der Waals surface area contributed by atoms with Gasteiger partial charge in [0.1, 0.15) is 0 Å². The first kappa shape index (κ1) is 17.7. The molecule has 0 aliphatic heterocycles. The van der Waals surface area contributed by atoms with Gasteiger partial charge in [-0.2, -0.15) is 0 Å².